The molecule has 5 nitrogen and oxygen atoms in total. The Bertz CT molecular complexity index is 555. The minimum Gasteiger partial charge on any atom is -0.449 e. The van der Waals surface area contributed by atoms with Crippen LogP contribution in [0.2, 0.25) is 5.02 Å². The molecule has 1 aromatic rings. The molecular weight excluding hydrogens is 316 g/mol. The van der Waals surface area contributed by atoms with Crippen LogP contribution in [-0.4, -0.2) is 42.6 Å². The Morgan fingerprint density at radius 2 is 2.04 bits per heavy atom. The van der Waals surface area contributed by atoms with Gasteiger partial charge in [-0.2, -0.15) is 0 Å². The van der Waals surface area contributed by atoms with Gasteiger partial charge in [-0.3, -0.25) is 4.79 Å². The molecule has 0 unspecified atom stereocenters. The fourth-order valence-corrected chi connectivity index (χ4v) is 2.67. The Morgan fingerprint density at radius 3 is 2.65 bits per heavy atom. The van der Waals surface area contributed by atoms with E-state index < -0.39 is 0 Å². The van der Waals surface area contributed by atoms with E-state index in [0.29, 0.717) is 36.2 Å². The number of nitrogens with one attached hydrogen (secondary N) is 1. The molecule has 0 aliphatic carbocycles. The molecule has 0 bridgehead atoms. The zero-order chi connectivity index (χ0) is 16.8. The summed E-state index contributed by atoms with van der Waals surface area (Å²) in [6.45, 7) is 5.62. The fourth-order valence-electron chi connectivity index (χ4n) is 2.48. The third kappa shape index (κ3) is 5.43. The Morgan fingerprint density at radius 1 is 1.35 bits per heavy atom. The van der Waals surface area contributed by atoms with Gasteiger partial charge < -0.3 is 15.0 Å². The molecule has 0 saturated carbocycles. The lowest BCUT2D eigenvalue weighted by Crippen LogP contribution is -2.46. The van der Waals surface area contributed by atoms with Gasteiger partial charge in [0.15, 0.2) is 0 Å². The number of alkyl carbamates (subject to hydrolysis) is 1. The molecule has 126 valence electrons. The van der Waals surface area contributed by atoms with E-state index in [1.54, 1.807) is 29.2 Å². The SMILES string of the molecule is CC(C)COC(=O)NC1CCN(C(=O)c2cccc(Cl)c2)CC1. The van der Waals surface area contributed by atoms with Crippen molar-refractivity contribution in [3.05, 3.63) is 34.9 Å². The fraction of sp³-hybridized carbons (Fsp3) is 0.529. The zero-order valence-corrected chi connectivity index (χ0v) is 14.3. The molecule has 0 radical (unpaired) electrons. The van der Waals surface area contributed by atoms with Gasteiger partial charge in [-0.05, 0) is 37.0 Å². The number of carbonyl (C=O) groups excluding carboxylic acids is 2. The Hall–Kier alpha value is -1.75. The third-order valence-electron chi connectivity index (χ3n) is 3.72. The van der Waals surface area contributed by atoms with E-state index in [4.69, 9.17) is 16.3 Å². The number of benzene rings is 1. The first-order valence-corrected chi connectivity index (χ1v) is 8.31. The van der Waals surface area contributed by atoms with Gasteiger partial charge in [0.1, 0.15) is 0 Å². The summed E-state index contributed by atoms with van der Waals surface area (Å²) in [6.07, 6.45) is 1.07. The predicted octanol–water partition coefficient (Wildman–Crippen LogP) is 3.33. The average Bonchev–Trinajstić information content (AvgIpc) is 2.53. The highest BCUT2D eigenvalue weighted by molar-refractivity contribution is 6.30. The summed E-state index contributed by atoms with van der Waals surface area (Å²) in [6, 6.07) is 7.02. The van der Waals surface area contributed by atoms with Crippen LogP contribution in [0, 0.1) is 5.92 Å². The summed E-state index contributed by atoms with van der Waals surface area (Å²) in [7, 11) is 0. The van der Waals surface area contributed by atoms with Crippen LogP contribution in [0.25, 0.3) is 0 Å². The standard InChI is InChI=1S/C17H23ClN2O3/c1-12(2)11-23-17(22)19-15-6-8-20(9-7-15)16(21)13-4-3-5-14(18)10-13/h3-5,10,12,15H,6-9,11H2,1-2H3,(H,19,22). The molecular formula is C17H23ClN2O3. The molecule has 1 aliphatic rings. The van der Waals surface area contributed by atoms with E-state index in [9.17, 15) is 9.59 Å². The van der Waals surface area contributed by atoms with Crippen molar-refractivity contribution in [2.24, 2.45) is 5.92 Å². The van der Waals surface area contributed by atoms with Gasteiger partial charge in [-0.25, -0.2) is 4.79 Å². The Labute approximate surface area is 141 Å². The van der Waals surface area contributed by atoms with Crippen LogP contribution in [0.3, 0.4) is 0 Å². The van der Waals surface area contributed by atoms with Crippen molar-refractivity contribution in [2.75, 3.05) is 19.7 Å². The number of nitrogens with zero attached hydrogens (tertiary/aromatic N) is 1. The van der Waals surface area contributed by atoms with Crippen molar-refractivity contribution >= 4 is 23.6 Å². The Kier molecular flexibility index (Phi) is 6.28. The molecule has 1 aliphatic heterocycles. The average molecular weight is 339 g/mol. The minimum atomic E-state index is -0.377. The monoisotopic (exact) mass is 338 g/mol. The van der Waals surface area contributed by atoms with Crippen LogP contribution in [0.5, 0.6) is 0 Å². The normalized spacial score (nSPS) is 15.6. The number of carbonyl (C=O) groups is 2. The first-order chi connectivity index (χ1) is 11.0. The van der Waals surface area contributed by atoms with E-state index >= 15 is 0 Å². The van der Waals surface area contributed by atoms with Crippen molar-refractivity contribution in [2.45, 2.75) is 32.7 Å². The van der Waals surface area contributed by atoms with E-state index in [1.807, 2.05) is 13.8 Å². The molecule has 1 aromatic carbocycles. The van der Waals surface area contributed by atoms with Gasteiger partial charge in [-0.15, -0.1) is 0 Å². The van der Waals surface area contributed by atoms with Gasteiger partial charge >= 0.3 is 6.09 Å². The molecule has 6 heteroatoms. The molecule has 0 atom stereocenters. The smallest absolute Gasteiger partial charge is 0.407 e. The molecule has 0 spiro atoms. The highest BCUT2D eigenvalue weighted by Gasteiger charge is 2.25. The van der Waals surface area contributed by atoms with Gasteiger partial charge in [0, 0.05) is 29.7 Å². The summed E-state index contributed by atoms with van der Waals surface area (Å²) in [5, 5.41) is 3.42. The van der Waals surface area contributed by atoms with Crippen LogP contribution >= 0.6 is 11.6 Å². The summed E-state index contributed by atoms with van der Waals surface area (Å²) in [5.41, 5.74) is 0.597. The number of piperidine rings is 1. The van der Waals surface area contributed by atoms with E-state index in [2.05, 4.69) is 5.32 Å². The number of likely N-dealkylation sites (tertiary alicyclic amines) is 1. The predicted molar refractivity (Wildman–Crippen MR) is 89.7 cm³/mol. The second-order valence-electron chi connectivity index (χ2n) is 6.21. The van der Waals surface area contributed by atoms with Crippen LogP contribution in [0.4, 0.5) is 4.79 Å². The number of hydrogen-bond acceptors (Lipinski definition) is 3. The number of hydrogen-bond donors (Lipinski definition) is 1. The lowest BCUT2D eigenvalue weighted by molar-refractivity contribution is 0.0700. The largest absolute Gasteiger partial charge is 0.449 e. The van der Waals surface area contributed by atoms with Crippen molar-refractivity contribution in [3.8, 4) is 0 Å². The quantitative estimate of drug-likeness (QED) is 0.916. The molecule has 1 fully saturated rings. The minimum absolute atomic E-state index is 0.0201. The number of amides is 2. The third-order valence-corrected chi connectivity index (χ3v) is 3.96. The topological polar surface area (TPSA) is 58.6 Å². The van der Waals surface area contributed by atoms with Crippen molar-refractivity contribution < 1.29 is 14.3 Å². The van der Waals surface area contributed by atoms with Gasteiger partial charge in [0.25, 0.3) is 5.91 Å². The maximum Gasteiger partial charge on any atom is 0.407 e. The first-order valence-electron chi connectivity index (χ1n) is 7.94. The number of rotatable bonds is 4. The van der Waals surface area contributed by atoms with Gasteiger partial charge in [0.2, 0.25) is 0 Å². The molecule has 23 heavy (non-hydrogen) atoms. The van der Waals surface area contributed by atoms with E-state index in [1.165, 1.54) is 0 Å². The first kappa shape index (κ1) is 17.6. The van der Waals surface area contributed by atoms with Crippen molar-refractivity contribution in [3.63, 3.8) is 0 Å². The highest BCUT2D eigenvalue weighted by Crippen LogP contribution is 2.17. The summed E-state index contributed by atoms with van der Waals surface area (Å²) in [5.74, 6) is 0.297. The van der Waals surface area contributed by atoms with Crippen LogP contribution in [0.15, 0.2) is 24.3 Å². The zero-order valence-electron chi connectivity index (χ0n) is 13.5. The highest BCUT2D eigenvalue weighted by atomic mass is 35.5. The van der Waals surface area contributed by atoms with Crippen LogP contribution in [-0.2, 0) is 4.74 Å². The van der Waals surface area contributed by atoms with Crippen LogP contribution in [0.1, 0.15) is 37.0 Å². The van der Waals surface area contributed by atoms with Crippen LogP contribution < -0.4 is 5.32 Å². The lowest BCUT2D eigenvalue weighted by Gasteiger charge is -2.32. The summed E-state index contributed by atoms with van der Waals surface area (Å²) in [4.78, 5) is 25.9. The summed E-state index contributed by atoms with van der Waals surface area (Å²) >= 11 is 5.93. The molecule has 1 N–H and O–H groups in total. The van der Waals surface area contributed by atoms with Crippen molar-refractivity contribution in [1.29, 1.82) is 0 Å². The van der Waals surface area contributed by atoms with E-state index in [-0.39, 0.29) is 18.0 Å². The maximum atomic E-state index is 12.4. The molecule has 2 amide bonds. The molecule has 0 aromatic heterocycles. The van der Waals surface area contributed by atoms with Gasteiger partial charge in [0.05, 0.1) is 6.61 Å². The Balaban J connectivity index is 1.79. The molecule has 1 saturated heterocycles. The number of ether oxygens (including phenoxy) is 1. The lowest BCUT2D eigenvalue weighted by atomic mass is 10.0. The molecule has 1 heterocycles. The maximum absolute atomic E-state index is 12.4. The second kappa shape index (κ2) is 8.20. The molecule has 2 rings (SSSR count). The number of halogens is 1. The van der Waals surface area contributed by atoms with Crippen molar-refractivity contribution in [1.82, 2.24) is 10.2 Å². The summed E-state index contributed by atoms with van der Waals surface area (Å²) < 4.78 is 5.12. The van der Waals surface area contributed by atoms with E-state index in [0.717, 1.165) is 12.8 Å². The van der Waals surface area contributed by atoms with Gasteiger partial charge in [-0.1, -0.05) is 31.5 Å². The second-order valence-corrected chi connectivity index (χ2v) is 6.65.